The Morgan fingerprint density at radius 1 is 1.13 bits per heavy atom. The molecule has 2 aromatic rings. The number of rotatable bonds is 2. The van der Waals surface area contributed by atoms with E-state index in [2.05, 4.69) is 5.32 Å². The molecule has 0 aliphatic carbocycles. The second-order valence-electron chi connectivity index (χ2n) is 7.52. The summed E-state index contributed by atoms with van der Waals surface area (Å²) in [6, 6.07) is 10.0. The van der Waals surface area contributed by atoms with Crippen LogP contribution >= 0.6 is 11.6 Å². The molecule has 1 N–H and O–H groups in total. The van der Waals surface area contributed by atoms with Crippen molar-refractivity contribution in [2.24, 2.45) is 0 Å². The van der Waals surface area contributed by atoms with Gasteiger partial charge in [-0.3, -0.25) is 9.59 Å². The van der Waals surface area contributed by atoms with Crippen LogP contribution in [0.25, 0.3) is 0 Å². The van der Waals surface area contributed by atoms with Crippen molar-refractivity contribution in [1.82, 2.24) is 4.90 Å². The fourth-order valence-corrected chi connectivity index (χ4v) is 3.95. The van der Waals surface area contributed by atoms with Crippen LogP contribution < -0.4 is 15.0 Å². The third kappa shape index (κ3) is 3.89. The van der Waals surface area contributed by atoms with Gasteiger partial charge in [-0.1, -0.05) is 23.7 Å². The lowest BCUT2D eigenvalue weighted by atomic mass is 10.00. The van der Waals surface area contributed by atoms with Gasteiger partial charge in [0.15, 0.2) is 0 Å². The van der Waals surface area contributed by atoms with Crippen molar-refractivity contribution >= 4 is 34.8 Å². The monoisotopic (exact) mass is 453 g/mol. The maximum atomic E-state index is 13.3. The molecule has 6 nitrogen and oxygen atoms in total. The highest BCUT2D eigenvalue weighted by atomic mass is 35.5. The maximum absolute atomic E-state index is 13.3. The second kappa shape index (κ2) is 7.64. The summed E-state index contributed by atoms with van der Waals surface area (Å²) >= 11 is 5.93. The molecule has 1 atom stereocenters. The SMILES string of the molecule is CC1(C(=O)N2CCN(c3ccccc3C(F)(F)F)CC2)Oc2ccc(Cl)cc2NC1=O. The van der Waals surface area contributed by atoms with E-state index in [0.29, 0.717) is 16.5 Å². The van der Waals surface area contributed by atoms with E-state index in [4.69, 9.17) is 16.3 Å². The van der Waals surface area contributed by atoms with E-state index in [9.17, 15) is 22.8 Å². The van der Waals surface area contributed by atoms with Crippen LogP contribution in [-0.2, 0) is 15.8 Å². The molecule has 2 heterocycles. The molecule has 1 unspecified atom stereocenters. The molecule has 2 aliphatic heterocycles. The van der Waals surface area contributed by atoms with Crippen LogP contribution in [0.4, 0.5) is 24.5 Å². The highest BCUT2D eigenvalue weighted by Crippen LogP contribution is 2.38. The number of fused-ring (bicyclic) bond motifs is 1. The van der Waals surface area contributed by atoms with E-state index in [1.807, 2.05) is 0 Å². The number of ether oxygens (including phenoxy) is 1. The zero-order chi connectivity index (χ0) is 22.4. The fourth-order valence-electron chi connectivity index (χ4n) is 3.78. The summed E-state index contributed by atoms with van der Waals surface area (Å²) in [5.41, 5.74) is -2.05. The van der Waals surface area contributed by atoms with Gasteiger partial charge in [-0.05, 0) is 37.3 Å². The highest BCUT2D eigenvalue weighted by molar-refractivity contribution is 6.31. The molecule has 1 saturated heterocycles. The van der Waals surface area contributed by atoms with Crippen molar-refractivity contribution in [3.63, 3.8) is 0 Å². The predicted molar refractivity (Wildman–Crippen MR) is 109 cm³/mol. The number of hydrogen-bond acceptors (Lipinski definition) is 4. The summed E-state index contributed by atoms with van der Waals surface area (Å²) < 4.78 is 45.7. The average Bonchev–Trinajstić information content (AvgIpc) is 2.74. The number of amides is 2. The van der Waals surface area contributed by atoms with Crippen molar-refractivity contribution in [3.8, 4) is 5.75 Å². The Morgan fingerprint density at radius 2 is 1.81 bits per heavy atom. The Hall–Kier alpha value is -2.94. The van der Waals surface area contributed by atoms with Gasteiger partial charge in [0.25, 0.3) is 17.4 Å². The molecule has 2 aromatic carbocycles. The van der Waals surface area contributed by atoms with Crippen molar-refractivity contribution in [2.75, 3.05) is 36.4 Å². The smallest absolute Gasteiger partial charge is 0.418 e. The quantitative estimate of drug-likeness (QED) is 0.703. The highest BCUT2D eigenvalue weighted by Gasteiger charge is 2.50. The summed E-state index contributed by atoms with van der Waals surface area (Å²) in [6.07, 6.45) is -4.47. The molecule has 0 bridgehead atoms. The van der Waals surface area contributed by atoms with Gasteiger partial charge in [0, 0.05) is 36.9 Å². The van der Waals surface area contributed by atoms with Gasteiger partial charge in [-0.2, -0.15) is 13.2 Å². The lowest BCUT2D eigenvalue weighted by Crippen LogP contribution is -2.62. The van der Waals surface area contributed by atoms with Crippen LogP contribution in [0, 0.1) is 0 Å². The van der Waals surface area contributed by atoms with Gasteiger partial charge in [0.05, 0.1) is 11.3 Å². The number of piperazine rings is 1. The number of para-hydroxylation sites is 1. The molecule has 0 radical (unpaired) electrons. The standard InChI is InChI=1S/C21H19ClF3N3O3/c1-20(18(29)26-15-12-13(22)6-7-17(15)31-20)19(30)28-10-8-27(9-11-28)16-5-3-2-4-14(16)21(23,24)25/h2-7,12H,8-11H2,1H3,(H,26,29). The van der Waals surface area contributed by atoms with Crippen LogP contribution in [-0.4, -0.2) is 48.5 Å². The molecule has 0 spiro atoms. The number of hydrogen-bond donors (Lipinski definition) is 1. The van der Waals surface area contributed by atoms with Gasteiger partial charge in [0.1, 0.15) is 5.75 Å². The first-order valence-electron chi connectivity index (χ1n) is 9.60. The molecule has 31 heavy (non-hydrogen) atoms. The lowest BCUT2D eigenvalue weighted by molar-refractivity contribution is -0.154. The van der Waals surface area contributed by atoms with E-state index >= 15 is 0 Å². The largest absolute Gasteiger partial charge is 0.466 e. The van der Waals surface area contributed by atoms with Gasteiger partial charge in [-0.25, -0.2) is 0 Å². The molecule has 2 amide bonds. The number of anilines is 2. The third-order valence-electron chi connectivity index (χ3n) is 5.46. The number of benzene rings is 2. The van der Waals surface area contributed by atoms with Gasteiger partial charge < -0.3 is 19.9 Å². The number of halogens is 4. The molecule has 2 aliphatic rings. The molecule has 164 valence electrons. The van der Waals surface area contributed by atoms with E-state index in [1.54, 1.807) is 23.1 Å². The van der Waals surface area contributed by atoms with Crippen LogP contribution in [0.2, 0.25) is 5.02 Å². The minimum Gasteiger partial charge on any atom is -0.466 e. The lowest BCUT2D eigenvalue weighted by Gasteiger charge is -2.41. The molecule has 0 aromatic heterocycles. The van der Waals surface area contributed by atoms with Crippen LogP contribution in [0.3, 0.4) is 0 Å². The van der Waals surface area contributed by atoms with Crippen molar-refractivity contribution < 1.29 is 27.5 Å². The Bertz CT molecular complexity index is 1040. The number of nitrogens with zero attached hydrogens (tertiary/aromatic N) is 2. The second-order valence-corrected chi connectivity index (χ2v) is 7.96. The van der Waals surface area contributed by atoms with Gasteiger partial charge in [0.2, 0.25) is 0 Å². The fraction of sp³-hybridized carbons (Fsp3) is 0.333. The van der Waals surface area contributed by atoms with E-state index in [-0.39, 0.29) is 31.9 Å². The van der Waals surface area contributed by atoms with E-state index in [0.717, 1.165) is 6.07 Å². The first kappa shape index (κ1) is 21.3. The molecule has 10 heteroatoms. The van der Waals surface area contributed by atoms with Crippen molar-refractivity contribution in [1.29, 1.82) is 0 Å². The predicted octanol–water partition coefficient (Wildman–Crippen LogP) is 3.80. The van der Waals surface area contributed by atoms with Crippen molar-refractivity contribution in [3.05, 3.63) is 53.1 Å². The first-order chi connectivity index (χ1) is 14.6. The van der Waals surface area contributed by atoms with E-state index < -0.39 is 29.2 Å². The Labute approximate surface area is 181 Å². The van der Waals surface area contributed by atoms with Crippen molar-refractivity contribution in [2.45, 2.75) is 18.7 Å². The Morgan fingerprint density at radius 3 is 2.48 bits per heavy atom. The summed E-state index contributed by atoms with van der Waals surface area (Å²) in [5.74, 6) is -0.857. The molecule has 4 rings (SSSR count). The third-order valence-corrected chi connectivity index (χ3v) is 5.70. The molecular formula is C21H19ClF3N3O3. The minimum atomic E-state index is -4.47. The minimum absolute atomic E-state index is 0.0748. The molecular weight excluding hydrogens is 435 g/mol. The van der Waals surface area contributed by atoms with E-state index in [1.165, 1.54) is 30.0 Å². The summed E-state index contributed by atoms with van der Waals surface area (Å²) in [4.78, 5) is 28.8. The zero-order valence-corrected chi connectivity index (χ0v) is 17.3. The maximum Gasteiger partial charge on any atom is 0.418 e. The first-order valence-corrected chi connectivity index (χ1v) is 9.98. The number of alkyl halides is 3. The van der Waals surface area contributed by atoms with Crippen LogP contribution in [0.5, 0.6) is 5.75 Å². The molecule has 0 saturated carbocycles. The zero-order valence-electron chi connectivity index (χ0n) is 16.5. The number of carbonyl (C=O) groups is 2. The van der Waals surface area contributed by atoms with Gasteiger partial charge >= 0.3 is 6.18 Å². The summed E-state index contributed by atoms with van der Waals surface area (Å²) in [5, 5.41) is 3.05. The van der Waals surface area contributed by atoms with Crippen LogP contribution in [0.1, 0.15) is 12.5 Å². The topological polar surface area (TPSA) is 61.9 Å². The van der Waals surface area contributed by atoms with Crippen LogP contribution in [0.15, 0.2) is 42.5 Å². The Kier molecular flexibility index (Phi) is 5.25. The summed E-state index contributed by atoms with van der Waals surface area (Å²) in [7, 11) is 0. The number of nitrogens with one attached hydrogen (secondary N) is 1. The van der Waals surface area contributed by atoms with Gasteiger partial charge in [-0.15, -0.1) is 0 Å². The normalized spacial score (nSPS) is 21.3. The summed E-state index contributed by atoms with van der Waals surface area (Å²) in [6.45, 7) is 2.09. The number of carbonyl (C=O) groups excluding carboxylic acids is 2. The Balaban J connectivity index is 1.49. The average molecular weight is 454 g/mol. The molecule has 1 fully saturated rings.